The maximum Gasteiger partial charge on any atom is 0.335 e. The molecule has 142 valence electrons. The van der Waals surface area contributed by atoms with Gasteiger partial charge in [0.15, 0.2) is 5.79 Å². The third kappa shape index (κ3) is 2.58. The summed E-state index contributed by atoms with van der Waals surface area (Å²) in [4.78, 5) is 11.7. The minimum absolute atomic E-state index is 0.239. The van der Waals surface area contributed by atoms with E-state index in [1.54, 1.807) is 0 Å². The van der Waals surface area contributed by atoms with Crippen LogP contribution < -0.4 is 0 Å². The van der Waals surface area contributed by atoms with Crippen LogP contribution >= 0.6 is 11.6 Å². The number of carbonyl (C=O) groups excluding carboxylic acids is 1. The van der Waals surface area contributed by atoms with Crippen LogP contribution in [0.2, 0.25) is 0 Å². The van der Waals surface area contributed by atoms with E-state index in [0.717, 1.165) is 0 Å². The van der Waals surface area contributed by atoms with E-state index < -0.39 is 42.4 Å². The molecule has 4 saturated carbocycles. The van der Waals surface area contributed by atoms with E-state index in [0.29, 0.717) is 32.1 Å². The highest BCUT2D eigenvalue weighted by Crippen LogP contribution is 2.63. The van der Waals surface area contributed by atoms with Crippen molar-refractivity contribution in [3.63, 3.8) is 0 Å². The van der Waals surface area contributed by atoms with Gasteiger partial charge in [0.05, 0.1) is 0 Å². The number of alkyl halides is 5. The van der Waals surface area contributed by atoms with E-state index >= 15 is 0 Å². The Morgan fingerprint density at radius 1 is 1.00 bits per heavy atom. The Morgan fingerprint density at radius 3 is 2.00 bits per heavy atom. The van der Waals surface area contributed by atoms with Crippen LogP contribution in [0.1, 0.15) is 32.1 Å². The number of esters is 1. The second-order valence-corrected chi connectivity index (χ2v) is 8.11. The van der Waals surface area contributed by atoms with Gasteiger partial charge in [-0.1, -0.05) is 0 Å². The van der Waals surface area contributed by atoms with Crippen LogP contribution in [0.5, 0.6) is 0 Å². The Bertz CT molecular complexity index is 548. The second-order valence-electron chi connectivity index (χ2n) is 7.84. The van der Waals surface area contributed by atoms with E-state index in [2.05, 4.69) is 0 Å². The molecule has 0 amide bonds. The van der Waals surface area contributed by atoms with Gasteiger partial charge in [-0.15, -0.1) is 11.6 Å². The topological polar surface area (TPSA) is 44.8 Å². The Balaban J connectivity index is 1.61. The molecule has 5 fully saturated rings. The van der Waals surface area contributed by atoms with E-state index in [1.807, 2.05) is 0 Å². The standard InChI is InChI=1S/C16H19ClF4O4/c17-6-12(22)25-13-3-9-1-10(4-13)16(11(2-9)5-13)23-7-14(18,19)15(20,21)8-24-16/h9-11H,1-8H2. The zero-order valence-electron chi connectivity index (χ0n) is 13.4. The summed E-state index contributed by atoms with van der Waals surface area (Å²) in [5, 5.41) is 0. The summed E-state index contributed by atoms with van der Waals surface area (Å²) in [6, 6.07) is 0. The lowest BCUT2D eigenvalue weighted by Gasteiger charge is -2.62. The van der Waals surface area contributed by atoms with Gasteiger partial charge in [-0.3, -0.25) is 4.79 Å². The average Bonchev–Trinajstić information content (AvgIpc) is 2.61. The first-order valence-corrected chi connectivity index (χ1v) is 8.96. The van der Waals surface area contributed by atoms with Crippen molar-refractivity contribution in [2.24, 2.45) is 17.8 Å². The van der Waals surface area contributed by atoms with Crippen LogP contribution in [0, 0.1) is 17.8 Å². The third-order valence-electron chi connectivity index (χ3n) is 6.20. The molecule has 4 bridgehead atoms. The van der Waals surface area contributed by atoms with Gasteiger partial charge < -0.3 is 14.2 Å². The molecule has 0 aromatic heterocycles. The number of halogens is 5. The first-order valence-electron chi connectivity index (χ1n) is 8.43. The van der Waals surface area contributed by atoms with E-state index in [1.165, 1.54) is 0 Å². The smallest absolute Gasteiger partial charge is 0.335 e. The van der Waals surface area contributed by atoms with Gasteiger partial charge in [0.2, 0.25) is 0 Å². The molecule has 0 aromatic carbocycles. The van der Waals surface area contributed by atoms with Crippen molar-refractivity contribution in [2.75, 3.05) is 19.1 Å². The average molecular weight is 387 g/mol. The maximum atomic E-state index is 13.7. The van der Waals surface area contributed by atoms with Gasteiger partial charge in [-0.2, -0.15) is 17.6 Å². The van der Waals surface area contributed by atoms with Gasteiger partial charge in [0.1, 0.15) is 24.7 Å². The summed E-state index contributed by atoms with van der Waals surface area (Å²) in [6.45, 7) is -2.74. The molecule has 5 rings (SSSR count). The molecule has 4 aliphatic carbocycles. The first-order chi connectivity index (χ1) is 11.6. The summed E-state index contributed by atoms with van der Waals surface area (Å²) >= 11 is 5.53. The molecule has 1 heterocycles. The maximum absolute atomic E-state index is 13.7. The van der Waals surface area contributed by atoms with Crippen molar-refractivity contribution in [1.82, 2.24) is 0 Å². The summed E-state index contributed by atoms with van der Waals surface area (Å²) in [6.07, 6.45) is 2.67. The van der Waals surface area contributed by atoms with Gasteiger partial charge in [0.25, 0.3) is 0 Å². The predicted molar refractivity (Wildman–Crippen MR) is 77.6 cm³/mol. The fourth-order valence-electron chi connectivity index (χ4n) is 5.38. The molecule has 9 heteroatoms. The molecular formula is C16H19ClF4O4. The van der Waals surface area contributed by atoms with Crippen molar-refractivity contribution in [3.05, 3.63) is 0 Å². The Labute approximate surface area is 147 Å². The van der Waals surface area contributed by atoms with E-state index in [9.17, 15) is 22.4 Å². The monoisotopic (exact) mass is 386 g/mol. The summed E-state index contributed by atoms with van der Waals surface area (Å²) in [5.74, 6) is -11.3. The van der Waals surface area contributed by atoms with E-state index in [4.69, 9.17) is 25.8 Å². The predicted octanol–water partition coefficient (Wildman–Crippen LogP) is 3.36. The molecule has 1 spiro atoms. The Hall–Kier alpha value is -0.600. The fourth-order valence-corrected chi connectivity index (χ4v) is 5.43. The minimum Gasteiger partial charge on any atom is -0.458 e. The normalized spacial score (nSPS) is 43.0. The molecule has 1 aliphatic heterocycles. The van der Waals surface area contributed by atoms with Crippen molar-refractivity contribution in [2.45, 2.75) is 55.3 Å². The number of ether oxygens (including phenoxy) is 3. The van der Waals surface area contributed by atoms with Crippen LogP contribution in [0.15, 0.2) is 0 Å². The molecule has 0 radical (unpaired) electrons. The van der Waals surface area contributed by atoms with Crippen molar-refractivity contribution in [1.29, 1.82) is 0 Å². The second kappa shape index (κ2) is 5.45. The fraction of sp³-hybridized carbons (Fsp3) is 0.938. The lowest BCUT2D eigenvalue weighted by molar-refractivity contribution is -0.354. The van der Waals surface area contributed by atoms with Crippen LogP contribution in [0.25, 0.3) is 0 Å². The van der Waals surface area contributed by atoms with Gasteiger partial charge in [-0.05, 0) is 38.0 Å². The molecule has 1 saturated heterocycles. The van der Waals surface area contributed by atoms with Crippen LogP contribution in [-0.4, -0.2) is 48.3 Å². The molecule has 2 atom stereocenters. The minimum atomic E-state index is -4.27. The zero-order chi connectivity index (χ0) is 18.1. The van der Waals surface area contributed by atoms with Crippen LogP contribution in [0.3, 0.4) is 0 Å². The van der Waals surface area contributed by atoms with Gasteiger partial charge >= 0.3 is 17.8 Å². The van der Waals surface area contributed by atoms with E-state index in [-0.39, 0.29) is 23.6 Å². The molecule has 0 N–H and O–H groups in total. The lowest BCUT2D eigenvalue weighted by Crippen LogP contribution is -2.66. The molecule has 25 heavy (non-hydrogen) atoms. The summed E-state index contributed by atoms with van der Waals surface area (Å²) < 4.78 is 71.1. The molecule has 0 aromatic rings. The number of hydrogen-bond donors (Lipinski definition) is 0. The number of rotatable bonds is 2. The van der Waals surface area contributed by atoms with Gasteiger partial charge in [-0.25, -0.2) is 0 Å². The Morgan fingerprint density at radius 2 is 1.52 bits per heavy atom. The molecule has 4 nitrogen and oxygen atoms in total. The quantitative estimate of drug-likeness (QED) is 0.415. The number of hydrogen-bond acceptors (Lipinski definition) is 4. The summed E-state index contributed by atoms with van der Waals surface area (Å²) in [5.41, 5.74) is -0.711. The zero-order valence-corrected chi connectivity index (χ0v) is 14.2. The van der Waals surface area contributed by atoms with Crippen LogP contribution in [-0.2, 0) is 19.0 Å². The highest BCUT2D eigenvalue weighted by molar-refractivity contribution is 6.26. The Kier molecular flexibility index (Phi) is 3.88. The lowest BCUT2D eigenvalue weighted by atomic mass is 9.51. The molecule has 5 aliphatic rings. The molecular weight excluding hydrogens is 368 g/mol. The SMILES string of the molecule is O=C(CCl)OC12CC3CC(C1)C1(OCC(F)(F)C(F)(F)CO1)C(C3)C2. The van der Waals surface area contributed by atoms with Crippen molar-refractivity contribution >= 4 is 17.6 Å². The third-order valence-corrected chi connectivity index (χ3v) is 6.42. The molecule has 2 unspecified atom stereocenters. The first kappa shape index (κ1) is 17.8. The highest BCUT2D eigenvalue weighted by Gasteiger charge is 2.69. The largest absolute Gasteiger partial charge is 0.458 e. The summed E-state index contributed by atoms with van der Waals surface area (Å²) in [7, 11) is 0. The van der Waals surface area contributed by atoms with Crippen LogP contribution in [0.4, 0.5) is 17.6 Å². The van der Waals surface area contributed by atoms with Gasteiger partial charge in [0, 0.05) is 11.8 Å². The van der Waals surface area contributed by atoms with Crippen molar-refractivity contribution in [3.8, 4) is 0 Å². The van der Waals surface area contributed by atoms with Crippen molar-refractivity contribution < 1.29 is 36.6 Å². The highest BCUT2D eigenvalue weighted by atomic mass is 35.5. The number of carbonyl (C=O) groups is 1.